The van der Waals surface area contributed by atoms with E-state index >= 15 is 0 Å². The molecule has 2 aliphatic rings. The molecular weight excluding hydrogens is 282 g/mol. The van der Waals surface area contributed by atoms with Gasteiger partial charge in [0.05, 0.1) is 17.4 Å². The van der Waals surface area contributed by atoms with Crippen LogP contribution in [0.1, 0.15) is 49.1 Å². The molecule has 2 atom stereocenters. The average molecular weight is 307 g/mol. The molecule has 2 unspecified atom stereocenters. The van der Waals surface area contributed by atoms with Crippen LogP contribution in [0.25, 0.3) is 10.9 Å². The molecule has 1 aromatic heterocycles. The highest BCUT2D eigenvalue weighted by Gasteiger charge is 2.22. The second kappa shape index (κ2) is 6.40. The van der Waals surface area contributed by atoms with Crippen LogP contribution in [0.2, 0.25) is 0 Å². The topological polar surface area (TPSA) is 37.3 Å². The van der Waals surface area contributed by atoms with Gasteiger partial charge in [-0.3, -0.25) is 9.98 Å². The van der Waals surface area contributed by atoms with Gasteiger partial charge in [-0.1, -0.05) is 18.1 Å². The lowest BCUT2D eigenvalue weighted by Crippen LogP contribution is -2.10. The van der Waals surface area contributed by atoms with E-state index in [4.69, 9.17) is 0 Å². The van der Waals surface area contributed by atoms with Crippen molar-refractivity contribution in [3.63, 3.8) is 0 Å². The van der Waals surface area contributed by atoms with Gasteiger partial charge in [-0.2, -0.15) is 0 Å². The van der Waals surface area contributed by atoms with Gasteiger partial charge in [0.15, 0.2) is 0 Å². The van der Waals surface area contributed by atoms with Crippen molar-refractivity contribution in [2.24, 2.45) is 10.9 Å². The van der Waals surface area contributed by atoms with Gasteiger partial charge >= 0.3 is 0 Å². The number of hydrogen-bond donors (Lipinski definition) is 1. The summed E-state index contributed by atoms with van der Waals surface area (Å²) in [6, 6.07) is 6.58. The van der Waals surface area contributed by atoms with Gasteiger partial charge in [0.2, 0.25) is 0 Å². The first-order valence-corrected chi connectivity index (χ1v) is 8.94. The molecule has 4 rings (SSSR count). The predicted octanol–water partition coefficient (Wildman–Crippen LogP) is 4.51. The van der Waals surface area contributed by atoms with Crippen LogP contribution in [0.15, 0.2) is 29.4 Å². The molecule has 0 bridgehead atoms. The first-order valence-electron chi connectivity index (χ1n) is 8.94. The molecule has 1 fully saturated rings. The van der Waals surface area contributed by atoms with Crippen molar-refractivity contribution in [2.75, 3.05) is 13.1 Å². The molecule has 2 aromatic rings. The number of hydrogen-bond acceptors (Lipinski definition) is 3. The van der Waals surface area contributed by atoms with Crippen molar-refractivity contribution >= 4 is 22.8 Å². The Bertz CT molecular complexity index is 729. The zero-order valence-corrected chi connectivity index (χ0v) is 13.9. The Morgan fingerprint density at radius 2 is 2.22 bits per heavy atom. The molecule has 2 aliphatic heterocycles. The Morgan fingerprint density at radius 3 is 3.09 bits per heavy atom. The van der Waals surface area contributed by atoms with E-state index in [1.807, 2.05) is 6.20 Å². The minimum absolute atomic E-state index is 0.601. The maximum atomic E-state index is 4.61. The molecule has 23 heavy (non-hydrogen) atoms. The third kappa shape index (κ3) is 3.02. The molecular formula is C20H25N3. The Labute approximate surface area is 138 Å². The van der Waals surface area contributed by atoms with Crippen molar-refractivity contribution in [1.82, 2.24) is 10.3 Å². The summed E-state index contributed by atoms with van der Waals surface area (Å²) in [4.78, 5) is 9.20. The van der Waals surface area contributed by atoms with E-state index in [0.717, 1.165) is 23.5 Å². The zero-order chi connectivity index (χ0) is 15.6. The lowest BCUT2D eigenvalue weighted by Gasteiger charge is -2.23. The highest BCUT2D eigenvalue weighted by atomic mass is 14.9. The van der Waals surface area contributed by atoms with Crippen molar-refractivity contribution < 1.29 is 0 Å². The van der Waals surface area contributed by atoms with Gasteiger partial charge in [0.1, 0.15) is 0 Å². The van der Waals surface area contributed by atoms with E-state index in [1.54, 1.807) is 0 Å². The molecule has 1 saturated heterocycles. The molecule has 0 spiro atoms. The smallest absolute Gasteiger partial charge is 0.0850 e. The monoisotopic (exact) mass is 307 g/mol. The van der Waals surface area contributed by atoms with Gasteiger partial charge in [0.25, 0.3) is 0 Å². The quantitative estimate of drug-likeness (QED) is 0.902. The fourth-order valence-corrected chi connectivity index (χ4v) is 4.12. The Hall–Kier alpha value is -1.74. The third-order valence-corrected chi connectivity index (χ3v) is 5.40. The lowest BCUT2D eigenvalue weighted by atomic mass is 9.85. The molecule has 1 N–H and O–H groups in total. The van der Waals surface area contributed by atoms with Crippen LogP contribution in [0.3, 0.4) is 0 Å². The van der Waals surface area contributed by atoms with Crippen molar-refractivity contribution in [3.8, 4) is 0 Å². The fourth-order valence-electron chi connectivity index (χ4n) is 4.12. The van der Waals surface area contributed by atoms with E-state index in [9.17, 15) is 0 Å². The van der Waals surface area contributed by atoms with E-state index in [-0.39, 0.29) is 0 Å². The number of nitrogens with zero attached hydrogens (tertiary/aromatic N) is 2. The summed E-state index contributed by atoms with van der Waals surface area (Å²) in [6.07, 6.45) is 10.4. The van der Waals surface area contributed by atoms with E-state index < -0.39 is 0 Å². The van der Waals surface area contributed by atoms with Crippen molar-refractivity contribution in [3.05, 3.63) is 35.5 Å². The van der Waals surface area contributed by atoms with Gasteiger partial charge in [0, 0.05) is 11.6 Å². The molecule has 1 aromatic carbocycles. The largest absolute Gasteiger partial charge is 0.316 e. The molecule has 0 aliphatic carbocycles. The first-order chi connectivity index (χ1) is 11.3. The van der Waals surface area contributed by atoms with E-state index in [0.29, 0.717) is 5.92 Å². The standard InChI is InChI=1S/C20H25N3/c1-14-5-6-18-17(11-14)20-16(8-10-22-19(20)13-23-18)4-2-3-15-7-9-21-12-15/h5-6,10-11,13,15-16,21H,2-4,7-9,12H2,1H3. The van der Waals surface area contributed by atoms with Crippen LogP contribution in [0.4, 0.5) is 5.69 Å². The van der Waals surface area contributed by atoms with Crippen LogP contribution in [-0.4, -0.2) is 24.3 Å². The average Bonchev–Trinajstić information content (AvgIpc) is 3.08. The van der Waals surface area contributed by atoms with Crippen molar-refractivity contribution in [2.45, 2.75) is 44.9 Å². The van der Waals surface area contributed by atoms with Crippen LogP contribution in [0.5, 0.6) is 0 Å². The SMILES string of the molecule is Cc1ccc2ncc3c(c2c1)C(CCCC1CCNC1)CC=N3. The number of aromatic nitrogens is 1. The summed E-state index contributed by atoms with van der Waals surface area (Å²) in [7, 11) is 0. The normalized spacial score (nSPS) is 23.3. The Balaban J connectivity index is 1.58. The number of benzene rings is 1. The molecule has 3 heterocycles. The van der Waals surface area contributed by atoms with E-state index in [1.165, 1.54) is 55.3 Å². The molecule has 120 valence electrons. The Kier molecular flexibility index (Phi) is 4.13. The maximum absolute atomic E-state index is 4.61. The molecule has 0 radical (unpaired) electrons. The third-order valence-electron chi connectivity index (χ3n) is 5.40. The number of aryl methyl sites for hydroxylation is 1. The number of nitrogens with one attached hydrogen (secondary N) is 1. The summed E-state index contributed by atoms with van der Waals surface area (Å²) in [5.74, 6) is 1.49. The second-order valence-corrected chi connectivity index (χ2v) is 7.11. The van der Waals surface area contributed by atoms with Crippen LogP contribution in [0, 0.1) is 12.8 Å². The predicted molar refractivity (Wildman–Crippen MR) is 96.8 cm³/mol. The van der Waals surface area contributed by atoms with Gasteiger partial charge in [-0.15, -0.1) is 0 Å². The summed E-state index contributed by atoms with van der Waals surface area (Å²) in [5, 5.41) is 4.79. The highest BCUT2D eigenvalue weighted by Crippen LogP contribution is 2.40. The molecule has 3 nitrogen and oxygen atoms in total. The molecule has 0 amide bonds. The summed E-state index contributed by atoms with van der Waals surface area (Å²) in [5.41, 5.74) is 4.93. The molecule has 0 saturated carbocycles. The van der Waals surface area contributed by atoms with Gasteiger partial charge < -0.3 is 5.32 Å². The maximum Gasteiger partial charge on any atom is 0.0850 e. The van der Waals surface area contributed by atoms with Crippen LogP contribution >= 0.6 is 0 Å². The fraction of sp³-hybridized carbons (Fsp3) is 0.500. The number of rotatable bonds is 4. The van der Waals surface area contributed by atoms with Gasteiger partial charge in [-0.05, 0) is 75.2 Å². The minimum atomic E-state index is 0.601. The number of aliphatic imine (C=N–C) groups is 1. The highest BCUT2D eigenvalue weighted by molar-refractivity contribution is 5.89. The minimum Gasteiger partial charge on any atom is -0.316 e. The van der Waals surface area contributed by atoms with Crippen LogP contribution in [-0.2, 0) is 0 Å². The summed E-state index contributed by atoms with van der Waals surface area (Å²) < 4.78 is 0. The number of pyridine rings is 1. The van der Waals surface area contributed by atoms with Gasteiger partial charge in [-0.25, -0.2) is 0 Å². The summed E-state index contributed by atoms with van der Waals surface area (Å²) in [6.45, 7) is 4.58. The molecule has 3 heteroatoms. The zero-order valence-electron chi connectivity index (χ0n) is 13.9. The lowest BCUT2D eigenvalue weighted by molar-refractivity contribution is 0.475. The van der Waals surface area contributed by atoms with E-state index in [2.05, 4.69) is 46.6 Å². The number of fused-ring (bicyclic) bond motifs is 3. The summed E-state index contributed by atoms with van der Waals surface area (Å²) >= 11 is 0. The van der Waals surface area contributed by atoms with Crippen LogP contribution < -0.4 is 5.32 Å². The first kappa shape index (κ1) is 14.8. The Morgan fingerprint density at radius 1 is 1.26 bits per heavy atom. The second-order valence-electron chi connectivity index (χ2n) is 7.11. The van der Waals surface area contributed by atoms with Crippen molar-refractivity contribution in [1.29, 1.82) is 0 Å².